The number of halogens is 3. The summed E-state index contributed by atoms with van der Waals surface area (Å²) in [5, 5.41) is 0. The maximum atomic E-state index is 12.2. The Bertz CT molecular complexity index is 370. The molecule has 0 unspecified atom stereocenters. The molecule has 160 valence electrons. The van der Waals surface area contributed by atoms with E-state index in [2.05, 4.69) is 6.92 Å². The number of hydrogen-bond acceptors (Lipinski definition) is 2. The fraction of sp³-hybridized carbons (Fsp3) is 1.00. The minimum absolute atomic E-state index is 0.118. The van der Waals surface area contributed by atoms with Crippen LogP contribution in [0.4, 0.5) is 13.2 Å². The van der Waals surface area contributed by atoms with E-state index < -0.39 is 12.6 Å². The lowest BCUT2D eigenvalue weighted by Gasteiger charge is -2.37. The third-order valence-electron chi connectivity index (χ3n) is 6.31. The molecule has 0 aromatic carbocycles. The lowest BCUT2D eigenvalue weighted by Crippen LogP contribution is -2.38. The Morgan fingerprint density at radius 1 is 0.741 bits per heavy atom. The fourth-order valence-electron chi connectivity index (χ4n) is 4.55. The maximum absolute atomic E-state index is 12.2. The summed E-state index contributed by atoms with van der Waals surface area (Å²) in [6.07, 6.45) is 10.3. The first-order chi connectivity index (χ1) is 13.0. The molecule has 2 fully saturated rings. The number of alkyl halides is 3. The van der Waals surface area contributed by atoms with Crippen LogP contribution < -0.4 is 0 Å². The lowest BCUT2D eigenvalue weighted by atomic mass is 9.79. The second-order valence-corrected chi connectivity index (χ2v) is 8.75. The summed E-state index contributed by atoms with van der Waals surface area (Å²) >= 11 is 0. The first-order valence-corrected chi connectivity index (χ1v) is 11.3. The Labute approximate surface area is 163 Å². The topological polar surface area (TPSA) is 18.5 Å². The predicted molar refractivity (Wildman–Crippen MR) is 103 cm³/mol. The molecule has 1 aliphatic heterocycles. The molecule has 1 saturated carbocycles. The van der Waals surface area contributed by atoms with E-state index in [0.29, 0.717) is 25.6 Å². The van der Waals surface area contributed by atoms with Gasteiger partial charge in [0.25, 0.3) is 0 Å². The molecule has 2 rings (SSSR count). The highest BCUT2D eigenvalue weighted by molar-refractivity contribution is 4.77. The molecule has 0 N–H and O–H groups in total. The molecule has 2 aliphatic rings. The van der Waals surface area contributed by atoms with E-state index in [9.17, 15) is 13.2 Å². The van der Waals surface area contributed by atoms with Crippen molar-refractivity contribution < 1.29 is 22.6 Å². The number of rotatable bonds is 11. The Balaban J connectivity index is 1.52. The largest absolute Gasteiger partial charge is 0.389 e. The third-order valence-corrected chi connectivity index (χ3v) is 6.31. The van der Waals surface area contributed by atoms with Crippen LogP contribution in [-0.4, -0.2) is 25.7 Å². The van der Waals surface area contributed by atoms with Gasteiger partial charge in [0.05, 0.1) is 13.2 Å². The van der Waals surface area contributed by atoms with Crippen molar-refractivity contribution in [3.05, 3.63) is 0 Å². The van der Waals surface area contributed by atoms with Gasteiger partial charge in [-0.2, -0.15) is 13.2 Å². The molecule has 0 aromatic rings. The molecular formula is C22H39F3O2. The number of ether oxygens (including phenoxy) is 2. The van der Waals surface area contributed by atoms with Crippen molar-refractivity contribution in [1.82, 2.24) is 0 Å². The van der Waals surface area contributed by atoms with Crippen LogP contribution in [0.2, 0.25) is 0 Å². The molecule has 27 heavy (non-hydrogen) atoms. The second kappa shape index (κ2) is 12.3. The van der Waals surface area contributed by atoms with Crippen LogP contribution in [0, 0.1) is 17.8 Å². The molecule has 5 heteroatoms. The first kappa shape index (κ1) is 23.0. The van der Waals surface area contributed by atoms with Gasteiger partial charge in [-0.15, -0.1) is 0 Å². The van der Waals surface area contributed by atoms with E-state index in [1.165, 1.54) is 70.6 Å². The minimum atomic E-state index is -4.05. The van der Waals surface area contributed by atoms with Crippen LogP contribution in [0.15, 0.2) is 0 Å². The summed E-state index contributed by atoms with van der Waals surface area (Å²) in [6, 6.07) is 0. The Morgan fingerprint density at radius 2 is 1.33 bits per heavy atom. The van der Waals surface area contributed by atoms with Gasteiger partial charge in [0.1, 0.15) is 0 Å². The average molecular weight is 393 g/mol. The van der Waals surface area contributed by atoms with Gasteiger partial charge in [0.15, 0.2) is 6.29 Å². The molecule has 1 aliphatic carbocycles. The zero-order valence-electron chi connectivity index (χ0n) is 17.1. The van der Waals surface area contributed by atoms with Gasteiger partial charge in [-0.3, -0.25) is 0 Å². The van der Waals surface area contributed by atoms with Crippen molar-refractivity contribution in [1.29, 1.82) is 0 Å². The molecule has 0 aromatic heterocycles. The Kier molecular flexibility index (Phi) is 10.5. The molecule has 0 spiro atoms. The Hall–Kier alpha value is -0.290. The van der Waals surface area contributed by atoms with E-state index >= 15 is 0 Å². The van der Waals surface area contributed by atoms with E-state index in [1.807, 2.05) is 0 Å². The van der Waals surface area contributed by atoms with Crippen molar-refractivity contribution >= 4 is 0 Å². The molecule has 1 saturated heterocycles. The van der Waals surface area contributed by atoms with Crippen molar-refractivity contribution in [2.45, 2.75) is 109 Å². The summed E-state index contributed by atoms with van der Waals surface area (Å²) in [7, 11) is 0. The van der Waals surface area contributed by atoms with Crippen molar-refractivity contribution in [2.75, 3.05) is 13.2 Å². The van der Waals surface area contributed by atoms with Crippen LogP contribution in [0.3, 0.4) is 0 Å². The summed E-state index contributed by atoms with van der Waals surface area (Å²) in [6.45, 7) is 3.37. The quantitative estimate of drug-likeness (QED) is 0.344. The van der Waals surface area contributed by atoms with Crippen LogP contribution in [-0.2, 0) is 9.47 Å². The highest BCUT2D eigenvalue weighted by Gasteiger charge is 2.33. The van der Waals surface area contributed by atoms with Crippen molar-refractivity contribution in [3.63, 3.8) is 0 Å². The second-order valence-electron chi connectivity index (χ2n) is 8.75. The fourth-order valence-corrected chi connectivity index (χ4v) is 4.55. The summed E-state index contributed by atoms with van der Waals surface area (Å²) in [4.78, 5) is 0. The SMILES string of the molecule is CCCCCCCCC1CCC([C@H]2OC[C@H](CCCC(F)(F)F)CO2)CC1. The standard InChI is InChI=1S/C22H39F3O2/c1-2-3-4-5-6-7-9-18-11-13-20(14-12-18)21-26-16-19(17-27-21)10-8-15-22(23,24)25/h18-21H,2-17H2,1H3/t18?,19-,20?,21-. The molecular weight excluding hydrogens is 353 g/mol. The average Bonchev–Trinajstić information content (AvgIpc) is 2.65. The van der Waals surface area contributed by atoms with Crippen LogP contribution in [0.25, 0.3) is 0 Å². The van der Waals surface area contributed by atoms with Crippen molar-refractivity contribution in [2.24, 2.45) is 17.8 Å². The summed E-state index contributed by atoms with van der Waals surface area (Å²) < 4.78 is 48.5. The van der Waals surface area contributed by atoms with E-state index in [0.717, 1.165) is 5.92 Å². The summed E-state index contributed by atoms with van der Waals surface area (Å²) in [5.41, 5.74) is 0. The van der Waals surface area contributed by atoms with E-state index in [4.69, 9.17) is 9.47 Å². The van der Waals surface area contributed by atoms with Gasteiger partial charge in [-0.25, -0.2) is 0 Å². The van der Waals surface area contributed by atoms with E-state index in [1.54, 1.807) is 0 Å². The monoisotopic (exact) mass is 392 g/mol. The van der Waals surface area contributed by atoms with Crippen LogP contribution >= 0.6 is 0 Å². The number of unbranched alkanes of at least 4 members (excludes halogenated alkanes) is 5. The minimum Gasteiger partial charge on any atom is -0.352 e. The maximum Gasteiger partial charge on any atom is 0.389 e. The molecule has 1 heterocycles. The van der Waals surface area contributed by atoms with Crippen molar-refractivity contribution in [3.8, 4) is 0 Å². The highest BCUT2D eigenvalue weighted by Crippen LogP contribution is 2.36. The number of hydrogen-bond donors (Lipinski definition) is 0. The van der Waals surface area contributed by atoms with Crippen LogP contribution in [0.5, 0.6) is 0 Å². The molecule has 0 atom stereocenters. The Morgan fingerprint density at radius 3 is 1.96 bits per heavy atom. The van der Waals surface area contributed by atoms with E-state index in [-0.39, 0.29) is 18.6 Å². The lowest BCUT2D eigenvalue weighted by molar-refractivity contribution is -0.230. The van der Waals surface area contributed by atoms with Gasteiger partial charge >= 0.3 is 6.18 Å². The van der Waals surface area contributed by atoms with Gasteiger partial charge in [0.2, 0.25) is 0 Å². The predicted octanol–water partition coefficient (Wildman–Crippen LogP) is 7.27. The smallest absolute Gasteiger partial charge is 0.352 e. The summed E-state index contributed by atoms with van der Waals surface area (Å²) in [5.74, 6) is 1.46. The van der Waals surface area contributed by atoms with Gasteiger partial charge in [-0.05, 0) is 44.4 Å². The zero-order chi connectivity index (χ0) is 19.5. The van der Waals surface area contributed by atoms with Gasteiger partial charge in [0, 0.05) is 18.3 Å². The molecule has 0 bridgehead atoms. The van der Waals surface area contributed by atoms with Gasteiger partial charge in [-0.1, -0.05) is 51.9 Å². The van der Waals surface area contributed by atoms with Gasteiger partial charge < -0.3 is 9.47 Å². The first-order valence-electron chi connectivity index (χ1n) is 11.3. The third kappa shape index (κ3) is 9.65. The van der Waals surface area contributed by atoms with Crippen LogP contribution in [0.1, 0.15) is 96.8 Å². The molecule has 0 radical (unpaired) electrons. The highest BCUT2D eigenvalue weighted by atomic mass is 19.4. The molecule has 2 nitrogen and oxygen atoms in total. The normalized spacial score (nSPS) is 29.8. The zero-order valence-corrected chi connectivity index (χ0v) is 17.1. The molecule has 0 amide bonds.